The lowest BCUT2D eigenvalue weighted by atomic mass is 10.3. The molecule has 2 N–H and O–H groups in total. The third-order valence-corrected chi connectivity index (χ3v) is 5.95. The van der Waals surface area contributed by atoms with E-state index in [-0.39, 0.29) is 17.9 Å². The van der Waals surface area contributed by atoms with Gasteiger partial charge in [-0.2, -0.15) is 0 Å². The number of carbonyl (C=O) groups excluding carboxylic acids is 2. The van der Waals surface area contributed by atoms with Gasteiger partial charge < -0.3 is 19.5 Å². The summed E-state index contributed by atoms with van der Waals surface area (Å²) in [7, 11) is -3.86. The lowest BCUT2D eigenvalue weighted by molar-refractivity contribution is -0.152. The molecule has 0 saturated heterocycles. The molecule has 0 spiro atoms. The quantitative estimate of drug-likeness (QED) is 0.570. The zero-order chi connectivity index (χ0) is 22.4. The molecule has 0 radical (unpaired) electrons. The van der Waals surface area contributed by atoms with Crippen LogP contribution in [0.5, 0.6) is 11.5 Å². The highest BCUT2D eigenvalue weighted by molar-refractivity contribution is 7.89. The molecule has 0 bridgehead atoms. The van der Waals surface area contributed by atoms with Gasteiger partial charge in [0.05, 0.1) is 11.3 Å². The number of halogens is 1. The van der Waals surface area contributed by atoms with Crippen LogP contribution in [-0.2, 0) is 24.3 Å². The van der Waals surface area contributed by atoms with Gasteiger partial charge in [0, 0.05) is 23.3 Å². The number of hydrogen-bond donors (Lipinski definition) is 2. The molecule has 31 heavy (non-hydrogen) atoms. The number of ether oxygens (including phenoxy) is 3. The van der Waals surface area contributed by atoms with Crippen LogP contribution in [0.25, 0.3) is 0 Å². The van der Waals surface area contributed by atoms with Crippen molar-refractivity contribution in [1.29, 1.82) is 0 Å². The van der Waals surface area contributed by atoms with Gasteiger partial charge >= 0.3 is 5.97 Å². The summed E-state index contributed by atoms with van der Waals surface area (Å²) < 4.78 is 43.0. The van der Waals surface area contributed by atoms with E-state index in [1.807, 2.05) is 0 Å². The molecule has 2 aromatic rings. The molecule has 1 atom stereocenters. The lowest BCUT2D eigenvalue weighted by Gasteiger charge is -2.19. The average Bonchev–Trinajstić information content (AvgIpc) is 2.74. The Morgan fingerprint density at radius 1 is 1.10 bits per heavy atom. The number of esters is 1. The Morgan fingerprint density at radius 3 is 2.48 bits per heavy atom. The Hall–Kier alpha value is -2.82. The predicted molar refractivity (Wildman–Crippen MR) is 113 cm³/mol. The molecule has 1 amide bonds. The van der Waals surface area contributed by atoms with Crippen molar-refractivity contribution >= 4 is 39.2 Å². The van der Waals surface area contributed by atoms with E-state index in [2.05, 4.69) is 10.0 Å². The van der Waals surface area contributed by atoms with Crippen LogP contribution in [-0.4, -0.2) is 46.2 Å². The number of rotatable bonds is 8. The Kier molecular flexibility index (Phi) is 7.37. The molecule has 0 saturated carbocycles. The number of hydrogen-bond acceptors (Lipinski definition) is 7. The number of amides is 1. The summed E-state index contributed by atoms with van der Waals surface area (Å²) in [5.41, 5.74) is 0.504. The monoisotopic (exact) mass is 468 g/mol. The van der Waals surface area contributed by atoms with Crippen molar-refractivity contribution < 1.29 is 32.2 Å². The van der Waals surface area contributed by atoms with Gasteiger partial charge in [-0.15, -0.1) is 0 Å². The fraction of sp³-hybridized carbons (Fsp3) is 0.300. The molecule has 2 aromatic carbocycles. The summed E-state index contributed by atoms with van der Waals surface area (Å²) in [6, 6.07) is 10.7. The molecule has 3 rings (SSSR count). The van der Waals surface area contributed by atoms with Crippen LogP contribution < -0.4 is 19.5 Å². The summed E-state index contributed by atoms with van der Waals surface area (Å²) in [5.74, 6) is -0.426. The first kappa shape index (κ1) is 22.9. The van der Waals surface area contributed by atoms with Crippen LogP contribution in [0, 0.1) is 0 Å². The number of nitrogens with one attached hydrogen (secondary N) is 2. The van der Waals surface area contributed by atoms with E-state index in [9.17, 15) is 18.0 Å². The SMILES string of the molecule is CC(OC(=O)CCNS(=O)(=O)c1ccc2c(c1)OCCO2)C(=O)Nc1ccc(Cl)cc1. The maximum absolute atomic E-state index is 12.4. The van der Waals surface area contributed by atoms with Gasteiger partial charge in [0.15, 0.2) is 17.6 Å². The van der Waals surface area contributed by atoms with Crippen molar-refractivity contribution in [2.45, 2.75) is 24.3 Å². The van der Waals surface area contributed by atoms with Crippen molar-refractivity contribution in [3.8, 4) is 11.5 Å². The Morgan fingerprint density at radius 2 is 1.77 bits per heavy atom. The summed E-state index contributed by atoms with van der Waals surface area (Å²) in [5, 5.41) is 3.12. The van der Waals surface area contributed by atoms with Crippen molar-refractivity contribution in [2.75, 3.05) is 25.1 Å². The van der Waals surface area contributed by atoms with Gasteiger partial charge in [0.1, 0.15) is 13.2 Å². The molecular formula is C20H21ClN2O7S. The minimum absolute atomic E-state index is 0.0131. The van der Waals surface area contributed by atoms with Crippen molar-refractivity contribution in [3.63, 3.8) is 0 Å². The largest absolute Gasteiger partial charge is 0.486 e. The first-order chi connectivity index (χ1) is 14.7. The van der Waals surface area contributed by atoms with Gasteiger partial charge in [-0.3, -0.25) is 9.59 Å². The molecule has 11 heteroatoms. The number of anilines is 1. The van der Waals surface area contributed by atoms with Crippen LogP contribution in [0.3, 0.4) is 0 Å². The first-order valence-corrected chi connectivity index (χ1v) is 11.3. The lowest BCUT2D eigenvalue weighted by Crippen LogP contribution is -2.32. The first-order valence-electron chi connectivity index (χ1n) is 9.40. The smallest absolute Gasteiger partial charge is 0.307 e. The number of carbonyl (C=O) groups is 2. The summed E-state index contributed by atoms with van der Waals surface area (Å²) in [4.78, 5) is 24.1. The molecule has 1 unspecified atom stereocenters. The van der Waals surface area contributed by atoms with Gasteiger partial charge in [-0.05, 0) is 43.3 Å². The maximum atomic E-state index is 12.4. The van der Waals surface area contributed by atoms with Crippen LogP contribution in [0.2, 0.25) is 5.02 Å². The highest BCUT2D eigenvalue weighted by atomic mass is 35.5. The fourth-order valence-corrected chi connectivity index (χ4v) is 3.82. The molecule has 166 valence electrons. The fourth-order valence-electron chi connectivity index (χ4n) is 2.65. The zero-order valence-electron chi connectivity index (χ0n) is 16.6. The molecule has 0 fully saturated rings. The van der Waals surface area contributed by atoms with Crippen LogP contribution in [0.4, 0.5) is 5.69 Å². The van der Waals surface area contributed by atoms with E-state index in [0.717, 1.165) is 0 Å². The van der Waals surface area contributed by atoms with E-state index in [1.54, 1.807) is 24.3 Å². The molecule has 1 aliphatic rings. The van der Waals surface area contributed by atoms with Gasteiger partial charge in [-0.25, -0.2) is 13.1 Å². The van der Waals surface area contributed by atoms with Gasteiger partial charge in [0.25, 0.3) is 5.91 Å². The number of fused-ring (bicyclic) bond motifs is 1. The van der Waals surface area contributed by atoms with E-state index >= 15 is 0 Å². The number of benzene rings is 2. The molecule has 1 aliphatic heterocycles. The van der Waals surface area contributed by atoms with Gasteiger partial charge in [0.2, 0.25) is 10.0 Å². The Labute approximate surface area is 184 Å². The molecular weight excluding hydrogens is 448 g/mol. The normalized spacial score (nSPS) is 13.9. The summed E-state index contributed by atoms with van der Waals surface area (Å²) in [6.45, 7) is 1.96. The summed E-state index contributed by atoms with van der Waals surface area (Å²) >= 11 is 5.79. The van der Waals surface area contributed by atoms with Crippen molar-refractivity contribution in [2.24, 2.45) is 0 Å². The molecule has 0 aliphatic carbocycles. The maximum Gasteiger partial charge on any atom is 0.307 e. The van der Waals surface area contributed by atoms with Crippen molar-refractivity contribution in [1.82, 2.24) is 4.72 Å². The third kappa shape index (κ3) is 6.33. The third-order valence-electron chi connectivity index (χ3n) is 4.23. The Bertz CT molecular complexity index is 1060. The predicted octanol–water partition coefficient (Wildman–Crippen LogP) is 2.35. The Balaban J connectivity index is 1.46. The second-order valence-electron chi connectivity index (χ2n) is 6.58. The van der Waals surface area contributed by atoms with E-state index in [1.165, 1.54) is 25.1 Å². The van der Waals surface area contributed by atoms with Crippen LogP contribution >= 0.6 is 11.6 Å². The second-order valence-corrected chi connectivity index (χ2v) is 8.78. The summed E-state index contributed by atoms with van der Waals surface area (Å²) in [6.07, 6.45) is -1.31. The van der Waals surface area contributed by atoms with Gasteiger partial charge in [-0.1, -0.05) is 11.6 Å². The highest BCUT2D eigenvalue weighted by Gasteiger charge is 2.21. The van der Waals surface area contributed by atoms with Crippen LogP contribution in [0.15, 0.2) is 47.4 Å². The molecule has 0 aromatic heterocycles. The van der Waals surface area contributed by atoms with E-state index < -0.39 is 28.0 Å². The minimum Gasteiger partial charge on any atom is -0.486 e. The average molecular weight is 469 g/mol. The minimum atomic E-state index is -3.86. The van der Waals surface area contributed by atoms with Crippen molar-refractivity contribution in [3.05, 3.63) is 47.5 Å². The number of sulfonamides is 1. The highest BCUT2D eigenvalue weighted by Crippen LogP contribution is 2.32. The molecule has 1 heterocycles. The topological polar surface area (TPSA) is 120 Å². The second kappa shape index (κ2) is 9.99. The van der Waals surface area contributed by atoms with E-state index in [0.29, 0.717) is 35.4 Å². The molecule has 9 nitrogen and oxygen atoms in total. The zero-order valence-corrected chi connectivity index (χ0v) is 18.2. The standard InChI is InChI=1S/C20H21ClN2O7S/c1-13(20(25)23-15-4-2-14(21)3-5-15)30-19(24)8-9-22-31(26,27)16-6-7-17-18(12-16)29-11-10-28-17/h2-7,12-13,22H,8-11H2,1H3,(H,23,25). The van der Waals surface area contributed by atoms with E-state index in [4.69, 9.17) is 25.8 Å². The van der Waals surface area contributed by atoms with Crippen LogP contribution in [0.1, 0.15) is 13.3 Å².